The fourth-order valence-electron chi connectivity index (χ4n) is 11.7. The molecule has 0 saturated carbocycles. The second-order valence-corrected chi connectivity index (χ2v) is 26.4. The topological polar surface area (TPSA) is 164 Å². The van der Waals surface area contributed by atoms with Gasteiger partial charge in [-0.3, -0.25) is 14.5 Å². The molecule has 0 aromatic carbocycles. The Hall–Kier alpha value is -1.79. The van der Waals surface area contributed by atoms with E-state index in [0.29, 0.717) is 23.9 Å². The minimum atomic E-state index is -0.936. The molecule has 3 aliphatic rings. The molecule has 5 N–H and O–H groups in total. The largest absolute Gasteiger partial charge is 0.388 e. The number of aromatic nitrogens is 3. The van der Waals surface area contributed by atoms with Crippen LogP contribution in [0.5, 0.6) is 0 Å². The van der Waals surface area contributed by atoms with Crippen molar-refractivity contribution in [3.63, 3.8) is 0 Å². The minimum absolute atomic E-state index is 0.104. The maximum atomic E-state index is 10.6. The lowest BCUT2D eigenvalue weighted by Gasteiger charge is -2.56. The van der Waals surface area contributed by atoms with Gasteiger partial charge in [-0.05, 0) is 201 Å². The number of aliphatic hydroxyl groups is 3. The highest BCUT2D eigenvalue weighted by molar-refractivity contribution is 5.37. The lowest BCUT2D eigenvalue weighted by molar-refractivity contribution is -0.309. The summed E-state index contributed by atoms with van der Waals surface area (Å²) in [5.74, 6) is 1.80. The molecule has 1 atom stereocenters. The molecule has 3 fully saturated rings. The van der Waals surface area contributed by atoms with Crippen molar-refractivity contribution in [3.05, 3.63) is 6.33 Å². The van der Waals surface area contributed by atoms with Gasteiger partial charge in [0.2, 0.25) is 11.9 Å². The molecule has 1 unspecified atom stereocenters. The summed E-state index contributed by atoms with van der Waals surface area (Å²) in [4.78, 5) is 35.9. The molecule has 0 radical (unpaired) electrons. The van der Waals surface area contributed by atoms with Gasteiger partial charge in [-0.2, -0.15) is 20.2 Å². The number of piperidine rings is 3. The number of nitrogens with one attached hydrogen (secondary N) is 2. The average molecular weight is 948 g/mol. The Labute approximate surface area is 408 Å². The van der Waals surface area contributed by atoms with Crippen LogP contribution in [0.1, 0.15) is 208 Å². The van der Waals surface area contributed by atoms with Crippen LogP contribution in [0.25, 0.3) is 0 Å². The zero-order valence-corrected chi connectivity index (χ0v) is 45.9. The number of hydrogen-bond donors (Lipinski definition) is 5. The van der Waals surface area contributed by atoms with Crippen molar-refractivity contribution in [2.75, 3.05) is 49.7 Å². The summed E-state index contributed by atoms with van der Waals surface area (Å²) >= 11 is 0. The van der Waals surface area contributed by atoms with E-state index in [1.807, 2.05) is 0 Å². The summed E-state index contributed by atoms with van der Waals surface area (Å²) in [7, 11) is 0. The molecule has 0 bridgehead atoms. The summed E-state index contributed by atoms with van der Waals surface area (Å²) < 4.78 is 0. The van der Waals surface area contributed by atoms with E-state index in [4.69, 9.17) is 24.5 Å². The third-order valence-corrected chi connectivity index (χ3v) is 14.3. The molecule has 3 aliphatic heterocycles. The van der Waals surface area contributed by atoms with Gasteiger partial charge in [-0.15, -0.1) is 0 Å². The fraction of sp³-hybridized carbons (Fsp3) is 0.942. The van der Waals surface area contributed by atoms with Crippen LogP contribution in [0.4, 0.5) is 11.9 Å². The van der Waals surface area contributed by atoms with Crippen molar-refractivity contribution < 1.29 is 29.8 Å². The van der Waals surface area contributed by atoms with E-state index < -0.39 is 16.8 Å². The van der Waals surface area contributed by atoms with Crippen LogP contribution < -0.4 is 15.5 Å². The van der Waals surface area contributed by atoms with Crippen LogP contribution in [0.2, 0.25) is 0 Å². The van der Waals surface area contributed by atoms with Crippen molar-refractivity contribution in [2.45, 2.75) is 270 Å². The summed E-state index contributed by atoms with van der Waals surface area (Å²) in [5.41, 5.74) is -3.91. The molecular weight excluding hydrogens is 847 g/mol. The van der Waals surface area contributed by atoms with E-state index in [1.165, 1.54) is 0 Å². The zero-order valence-electron chi connectivity index (χ0n) is 45.9. The molecule has 4 heterocycles. The van der Waals surface area contributed by atoms with Crippen LogP contribution in [-0.2, 0) is 14.5 Å². The van der Waals surface area contributed by atoms with Crippen LogP contribution in [0, 0.1) is 5.92 Å². The third-order valence-electron chi connectivity index (χ3n) is 14.3. The molecule has 4 rings (SSSR count). The molecule has 390 valence electrons. The van der Waals surface area contributed by atoms with Gasteiger partial charge in [0.1, 0.15) is 6.33 Å². The van der Waals surface area contributed by atoms with Crippen molar-refractivity contribution in [1.29, 1.82) is 0 Å². The number of nitrogens with zero attached hydrogens (tertiary/aromatic N) is 7. The number of anilines is 2. The standard InChI is InChI=1S/C52H101N9O6/c1-44(2)27-26-39(52(17,18)61(44)67-37-51(15,16)64)25-21-23-29-54-42-55-38-56-43(57-42)58(41-33-47(7,8)60(48(9,10)34-41)66-36-50(13,14)63)30-24-20-19-22-28-53-40-31-45(3,4)59(46(5,6)32-40)65-35-49(11,12)62/h38-41,53,62-64H,19-37H2,1-18H3,(H,54,55,56,57). The van der Waals surface area contributed by atoms with Crippen molar-refractivity contribution >= 4 is 11.9 Å². The van der Waals surface area contributed by atoms with Crippen LogP contribution in [0.3, 0.4) is 0 Å². The van der Waals surface area contributed by atoms with Crippen LogP contribution in [-0.4, -0.2) is 147 Å². The Kier molecular flexibility index (Phi) is 19.3. The first-order valence-corrected chi connectivity index (χ1v) is 25.9. The lowest BCUT2D eigenvalue weighted by atomic mass is 9.72. The summed E-state index contributed by atoms with van der Waals surface area (Å²) in [5, 5.41) is 45.1. The molecule has 67 heavy (non-hydrogen) atoms. The predicted octanol–water partition coefficient (Wildman–Crippen LogP) is 8.83. The first-order chi connectivity index (χ1) is 30.5. The van der Waals surface area contributed by atoms with Gasteiger partial charge in [0.05, 0.1) is 36.6 Å². The van der Waals surface area contributed by atoms with Gasteiger partial charge in [0.25, 0.3) is 0 Å². The second kappa shape index (κ2) is 22.3. The van der Waals surface area contributed by atoms with Gasteiger partial charge in [0, 0.05) is 58.4 Å². The lowest BCUT2D eigenvalue weighted by Crippen LogP contribution is -2.64. The Morgan fingerprint density at radius 3 is 1.61 bits per heavy atom. The van der Waals surface area contributed by atoms with Gasteiger partial charge >= 0.3 is 0 Å². The maximum Gasteiger partial charge on any atom is 0.230 e. The smallest absolute Gasteiger partial charge is 0.230 e. The number of hydrogen-bond acceptors (Lipinski definition) is 15. The number of rotatable bonds is 25. The Bertz CT molecular complexity index is 1630. The molecule has 3 saturated heterocycles. The van der Waals surface area contributed by atoms with Crippen LogP contribution in [0.15, 0.2) is 6.33 Å². The minimum Gasteiger partial charge on any atom is -0.388 e. The summed E-state index contributed by atoms with van der Waals surface area (Å²) in [6.07, 6.45) is 15.1. The normalized spacial score (nSPS) is 23.9. The SMILES string of the molecule is CC(C)(O)CON1C(C)(C)CC(NCCCCCCN(c2ncnc(NCCCCC3CCC(C)(C)N(OCC(C)(C)O)C3(C)C)n2)C2CC(C)(C)N(OCC(C)(C)O)C(C)(C)C2)CC1(C)C. The molecular formula is C52H101N9O6. The van der Waals surface area contributed by atoms with Gasteiger partial charge in [0.15, 0.2) is 0 Å². The molecule has 0 aliphatic carbocycles. The monoisotopic (exact) mass is 948 g/mol. The maximum absolute atomic E-state index is 10.6. The van der Waals surface area contributed by atoms with E-state index in [-0.39, 0.29) is 59.1 Å². The summed E-state index contributed by atoms with van der Waals surface area (Å²) in [6, 6.07) is 0.567. The average Bonchev–Trinajstić information content (AvgIpc) is 3.13. The third kappa shape index (κ3) is 17.2. The highest BCUT2D eigenvalue weighted by atomic mass is 16.7. The van der Waals surface area contributed by atoms with E-state index in [0.717, 1.165) is 103 Å². The van der Waals surface area contributed by atoms with Crippen molar-refractivity contribution in [2.24, 2.45) is 5.92 Å². The van der Waals surface area contributed by atoms with Gasteiger partial charge in [-0.25, -0.2) is 9.97 Å². The van der Waals surface area contributed by atoms with Gasteiger partial charge < -0.3 is 30.9 Å². The Morgan fingerprint density at radius 2 is 1.09 bits per heavy atom. The van der Waals surface area contributed by atoms with Crippen molar-refractivity contribution in [1.82, 2.24) is 35.5 Å². The van der Waals surface area contributed by atoms with Crippen molar-refractivity contribution in [3.8, 4) is 0 Å². The molecule has 0 spiro atoms. The molecule has 15 nitrogen and oxygen atoms in total. The second-order valence-electron chi connectivity index (χ2n) is 26.4. The van der Waals surface area contributed by atoms with E-state index in [1.54, 1.807) is 47.9 Å². The first kappa shape index (κ1) is 57.8. The number of unbranched alkanes of at least 4 members (excludes halogenated alkanes) is 4. The molecule has 1 aromatic heterocycles. The predicted molar refractivity (Wildman–Crippen MR) is 271 cm³/mol. The van der Waals surface area contributed by atoms with E-state index in [2.05, 4.69) is 119 Å². The van der Waals surface area contributed by atoms with Crippen LogP contribution >= 0.6 is 0 Å². The molecule has 0 amide bonds. The Morgan fingerprint density at radius 1 is 0.612 bits per heavy atom. The quantitative estimate of drug-likeness (QED) is 0.0591. The highest BCUT2D eigenvalue weighted by Crippen LogP contribution is 2.45. The fourth-order valence-corrected chi connectivity index (χ4v) is 11.7. The zero-order chi connectivity index (χ0) is 50.5. The van der Waals surface area contributed by atoms with Gasteiger partial charge in [-0.1, -0.05) is 19.3 Å². The molecule has 15 heteroatoms. The summed E-state index contributed by atoms with van der Waals surface area (Å²) in [6.45, 7) is 41.1. The molecule has 1 aromatic rings. The highest BCUT2D eigenvalue weighted by Gasteiger charge is 2.51. The Balaban J connectivity index is 1.37. The van der Waals surface area contributed by atoms with E-state index in [9.17, 15) is 15.3 Å². The number of hydroxylamine groups is 6. The van der Waals surface area contributed by atoms with E-state index >= 15 is 0 Å². The first-order valence-electron chi connectivity index (χ1n) is 25.9.